The first kappa shape index (κ1) is 35.6. The topological polar surface area (TPSA) is 169 Å². The molecule has 4 aromatic rings. The Morgan fingerprint density at radius 3 is 2.23 bits per heavy atom. The molecule has 13 heteroatoms. The summed E-state index contributed by atoms with van der Waals surface area (Å²) in [7, 11) is 4.07. The van der Waals surface area contributed by atoms with Crippen LogP contribution in [0.2, 0.25) is 0 Å². The molecule has 1 fully saturated rings. The highest BCUT2D eigenvalue weighted by molar-refractivity contribution is 6.17. The minimum Gasteiger partial charge on any atom is -0.478 e. The summed E-state index contributed by atoms with van der Waals surface area (Å²) in [6.07, 6.45) is 6.12. The van der Waals surface area contributed by atoms with Gasteiger partial charge in [-0.3, -0.25) is 9.59 Å². The van der Waals surface area contributed by atoms with Crippen LogP contribution in [0.3, 0.4) is 0 Å². The molecule has 1 saturated carbocycles. The lowest BCUT2D eigenvalue weighted by Crippen LogP contribution is -2.50. The molecule has 2 amide bonds. The van der Waals surface area contributed by atoms with E-state index in [4.69, 9.17) is 16.2 Å². The second kappa shape index (κ2) is 17.1. The lowest BCUT2D eigenvalue weighted by molar-refractivity contribution is -0.130. The maximum absolute atomic E-state index is 13.9. The van der Waals surface area contributed by atoms with Crippen LogP contribution in [0.15, 0.2) is 66.9 Å². The zero-order chi connectivity index (χ0) is 32.5. The van der Waals surface area contributed by atoms with Crippen LogP contribution < -0.4 is 21.1 Å². The quantitative estimate of drug-likeness (QED) is 0.179. The number of benzene rings is 2. The van der Waals surface area contributed by atoms with Crippen molar-refractivity contribution in [2.24, 2.45) is 23.3 Å². The fourth-order valence-electron chi connectivity index (χ4n) is 5.77. The number of hydrogen-bond acceptors (Lipinski definition) is 10. The van der Waals surface area contributed by atoms with Crippen molar-refractivity contribution in [3.8, 4) is 28.4 Å². The SMILES string of the molecule is CN(C)CCCOc1ccc(-c2ccc(C[C@H](N)C(=O)N(C(=O)C3CCC(CN)CC3)c3ccc(-c4nn[nH]n4)cc3)cc2)cn1.Cl. The van der Waals surface area contributed by atoms with E-state index in [0.29, 0.717) is 54.9 Å². The van der Waals surface area contributed by atoms with Gasteiger partial charge in [-0.2, -0.15) is 5.21 Å². The standard InChI is InChI=1S/C34H43N9O3.ClH/c1-42(2)18-3-19-46-31-17-14-28(22-37-31)25-8-4-23(5-9-25)20-30(36)34(45)43(33(44)27-10-6-24(21-35)7-11-27)29-15-12-26(13-16-29)32-38-40-41-39-32;/h4-5,8-9,12-17,22,24,27,30H,3,6-7,10-11,18-21,35-36H2,1-2H3,(H,38,39,40,41);1H/t24?,27?,30-;/m0./s1. The predicted octanol–water partition coefficient (Wildman–Crippen LogP) is 3.88. The van der Waals surface area contributed by atoms with Crippen molar-refractivity contribution in [1.29, 1.82) is 0 Å². The van der Waals surface area contributed by atoms with Crippen LogP contribution >= 0.6 is 12.4 Å². The Morgan fingerprint density at radius 2 is 1.64 bits per heavy atom. The van der Waals surface area contributed by atoms with Gasteiger partial charge in [0.1, 0.15) is 0 Å². The number of halogens is 1. The van der Waals surface area contributed by atoms with Crippen molar-refractivity contribution in [3.05, 3.63) is 72.4 Å². The molecular formula is C34H44ClN9O3. The zero-order valence-electron chi connectivity index (χ0n) is 26.9. The lowest BCUT2D eigenvalue weighted by Gasteiger charge is -2.32. The van der Waals surface area contributed by atoms with Crippen LogP contribution in [-0.4, -0.2) is 82.2 Å². The third-order valence-electron chi connectivity index (χ3n) is 8.50. The third kappa shape index (κ3) is 9.41. The van der Waals surface area contributed by atoms with Gasteiger partial charge in [-0.25, -0.2) is 9.88 Å². The molecule has 0 saturated heterocycles. The van der Waals surface area contributed by atoms with E-state index < -0.39 is 11.9 Å². The molecule has 0 radical (unpaired) electrons. The van der Waals surface area contributed by atoms with Gasteiger partial charge in [0.05, 0.1) is 18.3 Å². The van der Waals surface area contributed by atoms with E-state index in [1.54, 1.807) is 30.5 Å². The van der Waals surface area contributed by atoms with Gasteiger partial charge in [0, 0.05) is 35.9 Å². The fourth-order valence-corrected chi connectivity index (χ4v) is 5.77. The molecule has 5 N–H and O–H groups in total. The number of ether oxygens (including phenoxy) is 1. The van der Waals surface area contributed by atoms with Crippen LogP contribution in [0.1, 0.15) is 37.7 Å². The second-order valence-corrected chi connectivity index (χ2v) is 12.1. The number of aromatic nitrogens is 5. The number of H-pyrrole nitrogens is 1. The molecule has 2 aromatic heterocycles. The number of hydrogen-bond donors (Lipinski definition) is 3. The molecule has 1 aliphatic carbocycles. The molecule has 2 heterocycles. The summed E-state index contributed by atoms with van der Waals surface area (Å²) < 4.78 is 5.75. The van der Waals surface area contributed by atoms with E-state index in [0.717, 1.165) is 42.5 Å². The van der Waals surface area contributed by atoms with E-state index in [-0.39, 0.29) is 30.7 Å². The molecular weight excluding hydrogens is 618 g/mol. The Morgan fingerprint density at radius 1 is 0.957 bits per heavy atom. The van der Waals surface area contributed by atoms with Gasteiger partial charge < -0.3 is 21.1 Å². The van der Waals surface area contributed by atoms with Crippen molar-refractivity contribution < 1.29 is 14.3 Å². The van der Waals surface area contributed by atoms with Gasteiger partial charge in [0.15, 0.2) is 0 Å². The molecule has 12 nitrogen and oxygen atoms in total. The van der Waals surface area contributed by atoms with Crippen molar-refractivity contribution in [2.75, 3.05) is 38.7 Å². The number of anilines is 1. The first-order valence-electron chi connectivity index (χ1n) is 15.8. The van der Waals surface area contributed by atoms with Crippen molar-refractivity contribution in [2.45, 2.75) is 44.6 Å². The summed E-state index contributed by atoms with van der Waals surface area (Å²) in [5.41, 5.74) is 16.4. The van der Waals surface area contributed by atoms with Gasteiger partial charge in [-0.15, -0.1) is 22.6 Å². The van der Waals surface area contributed by atoms with Crippen molar-refractivity contribution in [1.82, 2.24) is 30.5 Å². The number of aromatic amines is 1. The average molecular weight is 662 g/mol. The first-order chi connectivity index (χ1) is 22.3. The number of rotatable bonds is 13. The summed E-state index contributed by atoms with van der Waals surface area (Å²) in [6, 6.07) is 17.8. The highest BCUT2D eigenvalue weighted by Gasteiger charge is 2.35. The van der Waals surface area contributed by atoms with E-state index in [1.165, 1.54) is 4.90 Å². The molecule has 1 atom stereocenters. The van der Waals surface area contributed by atoms with E-state index in [2.05, 4.69) is 30.5 Å². The normalized spacial score (nSPS) is 16.7. The molecule has 2 aromatic carbocycles. The molecule has 0 unspecified atom stereocenters. The Balaban J connectivity index is 0.00000500. The number of imide groups is 1. The molecule has 5 rings (SSSR count). The van der Waals surface area contributed by atoms with Crippen LogP contribution in [0.25, 0.3) is 22.5 Å². The number of pyridine rings is 1. The average Bonchev–Trinajstić information content (AvgIpc) is 3.63. The maximum atomic E-state index is 13.9. The number of nitrogens with two attached hydrogens (primary N) is 2. The highest BCUT2D eigenvalue weighted by atomic mass is 35.5. The smallest absolute Gasteiger partial charge is 0.251 e. The predicted molar refractivity (Wildman–Crippen MR) is 184 cm³/mol. The van der Waals surface area contributed by atoms with Gasteiger partial charge in [-0.1, -0.05) is 24.3 Å². The van der Waals surface area contributed by atoms with Gasteiger partial charge in [0.2, 0.25) is 17.6 Å². The Hall–Kier alpha value is -4.23. The number of nitrogens with zero attached hydrogens (tertiary/aromatic N) is 6. The molecule has 1 aliphatic rings. The molecule has 0 aliphatic heterocycles. The number of amides is 2. The summed E-state index contributed by atoms with van der Waals surface area (Å²) in [4.78, 5) is 35.6. The van der Waals surface area contributed by atoms with Gasteiger partial charge in [0.25, 0.3) is 5.91 Å². The van der Waals surface area contributed by atoms with Crippen LogP contribution in [-0.2, 0) is 16.0 Å². The number of nitrogens with one attached hydrogen (secondary N) is 1. The maximum Gasteiger partial charge on any atom is 0.251 e. The number of tetrazole rings is 1. The Kier molecular flexibility index (Phi) is 12.9. The van der Waals surface area contributed by atoms with Crippen molar-refractivity contribution >= 4 is 29.9 Å². The van der Waals surface area contributed by atoms with E-state index in [1.807, 2.05) is 50.5 Å². The minimum absolute atomic E-state index is 0. The fraction of sp³-hybridized carbons (Fsp3) is 0.412. The Labute approximate surface area is 281 Å². The largest absolute Gasteiger partial charge is 0.478 e. The minimum atomic E-state index is -0.919. The van der Waals surface area contributed by atoms with E-state index in [9.17, 15) is 9.59 Å². The molecule has 47 heavy (non-hydrogen) atoms. The van der Waals surface area contributed by atoms with Crippen LogP contribution in [0.5, 0.6) is 5.88 Å². The second-order valence-electron chi connectivity index (χ2n) is 12.1. The number of carbonyl (C=O) groups is 2. The Bertz CT molecular complexity index is 1540. The summed E-state index contributed by atoms with van der Waals surface area (Å²) >= 11 is 0. The first-order valence-corrected chi connectivity index (χ1v) is 15.8. The van der Waals surface area contributed by atoms with Crippen LogP contribution in [0.4, 0.5) is 5.69 Å². The highest BCUT2D eigenvalue weighted by Crippen LogP contribution is 2.32. The lowest BCUT2D eigenvalue weighted by atomic mass is 9.81. The summed E-state index contributed by atoms with van der Waals surface area (Å²) in [5.74, 6) is 0.501. The molecule has 0 bridgehead atoms. The van der Waals surface area contributed by atoms with Gasteiger partial charge in [-0.05, 0) is 112 Å². The summed E-state index contributed by atoms with van der Waals surface area (Å²) in [6.45, 7) is 2.18. The monoisotopic (exact) mass is 661 g/mol. The van der Waals surface area contributed by atoms with Crippen molar-refractivity contribution in [3.63, 3.8) is 0 Å². The molecule has 250 valence electrons. The third-order valence-corrected chi connectivity index (χ3v) is 8.50. The summed E-state index contributed by atoms with van der Waals surface area (Å²) in [5, 5.41) is 14.1. The zero-order valence-corrected chi connectivity index (χ0v) is 27.7. The van der Waals surface area contributed by atoms with Crippen LogP contribution in [0, 0.1) is 11.8 Å². The van der Waals surface area contributed by atoms with E-state index >= 15 is 0 Å². The number of carbonyl (C=O) groups excluding carboxylic acids is 2. The van der Waals surface area contributed by atoms with Gasteiger partial charge >= 0.3 is 0 Å². The molecule has 0 spiro atoms.